The molecule has 3 rings (SSSR count). The van der Waals surface area contributed by atoms with Crippen LogP contribution in [0.3, 0.4) is 0 Å². The quantitative estimate of drug-likeness (QED) is 0.860. The molecule has 8 nitrogen and oxygen atoms in total. The Morgan fingerprint density at radius 3 is 2.96 bits per heavy atom. The lowest BCUT2D eigenvalue weighted by molar-refractivity contribution is -0.00516. The van der Waals surface area contributed by atoms with Gasteiger partial charge in [0.1, 0.15) is 16.8 Å². The molecule has 0 aliphatic carbocycles. The minimum Gasteiger partial charge on any atom is -0.369 e. The molecule has 2 aromatic rings. The molecule has 1 saturated heterocycles. The van der Waals surface area contributed by atoms with Gasteiger partial charge < -0.3 is 9.72 Å². The highest BCUT2D eigenvalue weighted by molar-refractivity contribution is 7.89. The van der Waals surface area contributed by atoms with Crippen molar-refractivity contribution >= 4 is 10.0 Å². The average molecular weight is 336 g/mol. The topological polar surface area (TPSA) is 105 Å². The Morgan fingerprint density at radius 2 is 2.26 bits per heavy atom. The van der Waals surface area contributed by atoms with Crippen molar-refractivity contribution in [2.75, 3.05) is 19.7 Å². The van der Waals surface area contributed by atoms with Crippen molar-refractivity contribution in [3.8, 4) is 0 Å². The number of nitrogens with zero attached hydrogens (tertiary/aromatic N) is 3. The van der Waals surface area contributed by atoms with E-state index in [1.165, 1.54) is 28.8 Å². The highest BCUT2D eigenvalue weighted by Crippen LogP contribution is 2.24. The van der Waals surface area contributed by atoms with Crippen LogP contribution in [0.15, 0.2) is 40.3 Å². The summed E-state index contributed by atoms with van der Waals surface area (Å²) in [5, 5.41) is 0. The molecule has 3 heterocycles. The summed E-state index contributed by atoms with van der Waals surface area (Å²) in [4.78, 5) is 22.3. The monoisotopic (exact) mass is 336 g/mol. The second-order valence-corrected chi connectivity index (χ2v) is 7.10. The first-order valence-corrected chi connectivity index (χ1v) is 8.50. The van der Waals surface area contributed by atoms with E-state index >= 15 is 0 Å². The van der Waals surface area contributed by atoms with E-state index < -0.39 is 16.1 Å². The Morgan fingerprint density at radius 1 is 1.43 bits per heavy atom. The molecule has 0 spiro atoms. The van der Waals surface area contributed by atoms with Gasteiger partial charge in [-0.1, -0.05) is 0 Å². The highest BCUT2D eigenvalue weighted by Gasteiger charge is 2.32. The highest BCUT2D eigenvalue weighted by atomic mass is 32.2. The molecule has 0 radical (unpaired) electrons. The van der Waals surface area contributed by atoms with Gasteiger partial charge in [-0.3, -0.25) is 9.78 Å². The van der Waals surface area contributed by atoms with Gasteiger partial charge in [-0.25, -0.2) is 13.4 Å². The Hall–Kier alpha value is -2.10. The molecule has 1 N–H and O–H groups in total. The van der Waals surface area contributed by atoms with Crippen LogP contribution < -0.4 is 5.56 Å². The number of aryl methyl sites for hydroxylation is 1. The third kappa shape index (κ3) is 3.31. The first-order valence-electron chi connectivity index (χ1n) is 7.06. The Labute approximate surface area is 133 Å². The van der Waals surface area contributed by atoms with Gasteiger partial charge in [-0.2, -0.15) is 4.31 Å². The second-order valence-electron chi connectivity index (χ2n) is 5.17. The number of sulfonamides is 1. The number of nitrogens with one attached hydrogen (secondary N) is 1. The van der Waals surface area contributed by atoms with Gasteiger partial charge in [-0.05, 0) is 19.1 Å². The lowest BCUT2D eigenvalue weighted by Gasteiger charge is -2.31. The number of pyridine rings is 1. The average Bonchev–Trinajstić information content (AvgIpc) is 2.55. The molecule has 1 aliphatic heterocycles. The van der Waals surface area contributed by atoms with Crippen LogP contribution in [0.2, 0.25) is 0 Å². The lowest BCUT2D eigenvalue weighted by atomic mass is 10.2. The van der Waals surface area contributed by atoms with Crippen molar-refractivity contribution in [3.63, 3.8) is 0 Å². The predicted molar refractivity (Wildman–Crippen MR) is 81.3 cm³/mol. The third-order valence-corrected chi connectivity index (χ3v) is 5.36. The van der Waals surface area contributed by atoms with Crippen molar-refractivity contribution in [2.45, 2.75) is 17.9 Å². The van der Waals surface area contributed by atoms with Crippen LogP contribution in [0.4, 0.5) is 0 Å². The van der Waals surface area contributed by atoms with Crippen LogP contribution >= 0.6 is 0 Å². The van der Waals surface area contributed by atoms with E-state index in [0.29, 0.717) is 11.5 Å². The zero-order chi connectivity index (χ0) is 16.4. The van der Waals surface area contributed by atoms with E-state index in [1.807, 2.05) is 0 Å². The van der Waals surface area contributed by atoms with Gasteiger partial charge in [-0.15, -0.1) is 0 Å². The minimum atomic E-state index is -3.65. The number of morpholine rings is 1. The zero-order valence-corrected chi connectivity index (χ0v) is 13.3. The summed E-state index contributed by atoms with van der Waals surface area (Å²) < 4.78 is 32.2. The minimum absolute atomic E-state index is 0.104. The first-order chi connectivity index (χ1) is 11.0. The Bertz CT molecular complexity index is 851. The number of rotatable bonds is 3. The standard InChI is InChI=1S/C14H16N4O4S/c1-10-16-12(7-14(19)17-10)13-9-18(5-6-22-13)23(20,21)11-3-2-4-15-8-11/h2-4,7-8,13H,5-6,9H2,1H3,(H,16,17,19)/t13-/m0/s1. The Balaban J connectivity index is 1.88. The van der Waals surface area contributed by atoms with Crippen LogP contribution in [0.5, 0.6) is 0 Å². The molecule has 0 aromatic carbocycles. The molecule has 1 aliphatic rings. The Kier molecular flexibility index (Phi) is 4.24. The number of aromatic nitrogens is 3. The van der Waals surface area contributed by atoms with Gasteiger partial charge in [0.2, 0.25) is 10.0 Å². The lowest BCUT2D eigenvalue weighted by Crippen LogP contribution is -2.42. The van der Waals surface area contributed by atoms with E-state index in [9.17, 15) is 13.2 Å². The molecule has 9 heteroatoms. The maximum Gasteiger partial charge on any atom is 0.251 e. The normalized spacial score (nSPS) is 19.6. The molecule has 0 amide bonds. The molecule has 23 heavy (non-hydrogen) atoms. The summed E-state index contributed by atoms with van der Waals surface area (Å²) in [6.07, 6.45) is 2.26. The largest absolute Gasteiger partial charge is 0.369 e. The van der Waals surface area contributed by atoms with Crippen LogP contribution in [0.25, 0.3) is 0 Å². The van der Waals surface area contributed by atoms with Crippen LogP contribution in [-0.2, 0) is 14.8 Å². The van der Waals surface area contributed by atoms with Gasteiger partial charge in [0.25, 0.3) is 5.56 Å². The third-order valence-electron chi connectivity index (χ3n) is 3.51. The van der Waals surface area contributed by atoms with Gasteiger partial charge in [0.05, 0.1) is 12.3 Å². The molecule has 122 valence electrons. The predicted octanol–water partition coefficient (Wildman–Crippen LogP) is 0.236. The fourth-order valence-electron chi connectivity index (χ4n) is 2.44. The molecule has 1 atom stereocenters. The van der Waals surface area contributed by atoms with E-state index in [0.717, 1.165) is 0 Å². The molecular weight excluding hydrogens is 320 g/mol. The fourth-order valence-corrected chi connectivity index (χ4v) is 3.83. The number of hydrogen-bond donors (Lipinski definition) is 1. The summed E-state index contributed by atoms with van der Waals surface area (Å²) in [5.41, 5.74) is 0.140. The van der Waals surface area contributed by atoms with Gasteiger partial charge in [0, 0.05) is 31.5 Å². The molecule has 0 bridgehead atoms. The zero-order valence-electron chi connectivity index (χ0n) is 12.5. The SMILES string of the molecule is Cc1nc([C@@H]2CN(S(=O)(=O)c3cccnc3)CCO2)cc(=O)[nH]1. The molecule has 0 saturated carbocycles. The van der Waals surface area contributed by atoms with Crippen molar-refractivity contribution in [1.82, 2.24) is 19.3 Å². The second kappa shape index (κ2) is 6.19. The maximum absolute atomic E-state index is 12.6. The number of H-pyrrole nitrogens is 1. The molecule has 2 aromatic heterocycles. The van der Waals surface area contributed by atoms with E-state index in [2.05, 4.69) is 15.0 Å². The molecular formula is C14H16N4O4S. The molecule has 1 fully saturated rings. The maximum atomic E-state index is 12.6. The van der Waals surface area contributed by atoms with Crippen LogP contribution in [0, 0.1) is 6.92 Å². The summed E-state index contributed by atoms with van der Waals surface area (Å²) >= 11 is 0. The van der Waals surface area contributed by atoms with Gasteiger partial charge >= 0.3 is 0 Å². The fraction of sp³-hybridized carbons (Fsp3) is 0.357. The first kappa shape index (κ1) is 15.8. The number of aromatic amines is 1. The van der Waals surface area contributed by atoms with E-state index in [1.54, 1.807) is 13.0 Å². The number of ether oxygens (including phenoxy) is 1. The summed E-state index contributed by atoms with van der Waals surface area (Å²) in [5.74, 6) is 0.461. The van der Waals surface area contributed by atoms with Gasteiger partial charge in [0.15, 0.2) is 0 Å². The van der Waals surface area contributed by atoms with Crippen molar-refractivity contribution in [3.05, 3.63) is 52.5 Å². The summed E-state index contributed by atoms with van der Waals surface area (Å²) in [7, 11) is -3.65. The van der Waals surface area contributed by atoms with E-state index in [-0.39, 0.29) is 30.2 Å². The summed E-state index contributed by atoms with van der Waals surface area (Å²) in [6, 6.07) is 4.41. The van der Waals surface area contributed by atoms with Crippen LogP contribution in [0.1, 0.15) is 17.6 Å². The van der Waals surface area contributed by atoms with E-state index in [4.69, 9.17) is 4.74 Å². The van der Waals surface area contributed by atoms with Crippen molar-refractivity contribution in [1.29, 1.82) is 0 Å². The molecule has 0 unspecified atom stereocenters. The summed E-state index contributed by atoms with van der Waals surface area (Å²) in [6.45, 7) is 2.25. The smallest absolute Gasteiger partial charge is 0.251 e. The van der Waals surface area contributed by atoms with Crippen LogP contribution in [-0.4, -0.2) is 47.4 Å². The van der Waals surface area contributed by atoms with Crippen molar-refractivity contribution < 1.29 is 13.2 Å². The van der Waals surface area contributed by atoms with Crippen molar-refractivity contribution in [2.24, 2.45) is 0 Å². The number of hydrogen-bond acceptors (Lipinski definition) is 6.